The number of para-hydroxylation sites is 1. The van der Waals surface area contributed by atoms with E-state index in [1.165, 1.54) is 35.5 Å². The summed E-state index contributed by atoms with van der Waals surface area (Å²) in [6, 6.07) is 15.3. The number of thioether (sulfide) groups is 1. The van der Waals surface area contributed by atoms with Gasteiger partial charge in [0.05, 0.1) is 18.5 Å². The van der Waals surface area contributed by atoms with Crippen molar-refractivity contribution in [2.45, 2.75) is 38.0 Å². The normalized spacial score (nSPS) is 19.4. The van der Waals surface area contributed by atoms with Crippen LogP contribution in [-0.4, -0.2) is 33.5 Å². The molecule has 3 rings (SSSR count). The first kappa shape index (κ1) is 19.9. The van der Waals surface area contributed by atoms with E-state index in [4.69, 9.17) is 4.74 Å². The predicted octanol–water partition coefficient (Wildman–Crippen LogP) is 6.20. The Bertz CT molecular complexity index is 762. The molecule has 0 aliphatic carbocycles. The fourth-order valence-corrected chi connectivity index (χ4v) is 4.98. The molecule has 0 fully saturated rings. The molecule has 146 valence electrons. The minimum Gasteiger partial charge on any atom is -0.495 e. The van der Waals surface area contributed by atoms with Gasteiger partial charge in [0.25, 0.3) is 0 Å². The zero-order valence-corrected chi connectivity index (χ0v) is 18.1. The molecular weight excluding hydrogens is 352 g/mol. The average molecular weight is 385 g/mol. The Morgan fingerprint density at radius 2 is 1.93 bits per heavy atom. The summed E-state index contributed by atoms with van der Waals surface area (Å²) in [5.41, 5.74) is 3.95. The Kier molecular flexibility index (Phi) is 6.25. The van der Waals surface area contributed by atoms with Gasteiger partial charge in [0, 0.05) is 37.0 Å². The number of methoxy groups -OCH3 is 1. The molecule has 0 N–H and O–H groups in total. The average Bonchev–Trinajstić information content (AvgIpc) is 2.83. The van der Waals surface area contributed by atoms with E-state index in [9.17, 15) is 0 Å². The number of nitrogens with zero attached hydrogens (tertiary/aromatic N) is 2. The zero-order chi connectivity index (χ0) is 19.4. The minimum atomic E-state index is 0.279. The Hall–Kier alpha value is -1.81. The van der Waals surface area contributed by atoms with Crippen molar-refractivity contribution in [3.63, 3.8) is 0 Å². The summed E-state index contributed by atoms with van der Waals surface area (Å²) >= 11 is 1.98. The molecule has 0 amide bonds. The number of fused-ring (bicyclic) bond motifs is 1. The molecule has 1 unspecified atom stereocenters. The SMILES string of the molecule is CCCCC1(C)CSc2cc(OC)c(N(C)C)cc2N(c2ccccc2)C1. The monoisotopic (exact) mass is 384 g/mol. The van der Waals surface area contributed by atoms with Crippen molar-refractivity contribution in [3.8, 4) is 5.75 Å². The van der Waals surface area contributed by atoms with Gasteiger partial charge in [-0.1, -0.05) is 44.9 Å². The van der Waals surface area contributed by atoms with Crippen LogP contribution in [0.4, 0.5) is 17.1 Å². The number of rotatable bonds is 6. The summed E-state index contributed by atoms with van der Waals surface area (Å²) in [5, 5.41) is 0. The van der Waals surface area contributed by atoms with Crippen LogP contribution in [0.3, 0.4) is 0 Å². The maximum absolute atomic E-state index is 5.70. The third-order valence-corrected chi connectivity index (χ3v) is 6.83. The molecule has 1 aliphatic heterocycles. The number of ether oxygens (including phenoxy) is 1. The van der Waals surface area contributed by atoms with Crippen LogP contribution in [-0.2, 0) is 0 Å². The highest BCUT2D eigenvalue weighted by Gasteiger charge is 2.33. The highest BCUT2D eigenvalue weighted by Crippen LogP contribution is 2.48. The van der Waals surface area contributed by atoms with Crippen molar-refractivity contribution in [3.05, 3.63) is 42.5 Å². The van der Waals surface area contributed by atoms with Crippen molar-refractivity contribution in [2.24, 2.45) is 5.41 Å². The second-order valence-corrected chi connectivity index (χ2v) is 9.03. The Morgan fingerprint density at radius 1 is 1.19 bits per heavy atom. The van der Waals surface area contributed by atoms with Crippen LogP contribution in [0.5, 0.6) is 5.75 Å². The Labute approximate surface area is 168 Å². The van der Waals surface area contributed by atoms with Gasteiger partial charge in [-0.25, -0.2) is 0 Å². The molecule has 3 nitrogen and oxygen atoms in total. The molecule has 1 aliphatic rings. The molecule has 1 heterocycles. The summed E-state index contributed by atoms with van der Waals surface area (Å²) in [4.78, 5) is 5.95. The standard InChI is InChI=1S/C23H32N2OS/c1-6-7-13-23(2)16-25(18-11-9-8-10-12-18)20-14-19(24(3)4)21(26-5)15-22(20)27-17-23/h8-12,14-15H,6-7,13,16-17H2,1-5H3. The third-order valence-electron chi connectivity index (χ3n) is 5.35. The molecule has 0 aromatic heterocycles. The fourth-order valence-electron chi connectivity index (χ4n) is 3.74. The van der Waals surface area contributed by atoms with Gasteiger partial charge in [-0.15, -0.1) is 11.8 Å². The summed E-state index contributed by atoms with van der Waals surface area (Å²) < 4.78 is 5.70. The Morgan fingerprint density at radius 3 is 2.56 bits per heavy atom. The van der Waals surface area contributed by atoms with Gasteiger partial charge in [-0.05, 0) is 36.1 Å². The van der Waals surface area contributed by atoms with Gasteiger partial charge < -0.3 is 14.5 Å². The maximum atomic E-state index is 5.70. The van der Waals surface area contributed by atoms with E-state index < -0.39 is 0 Å². The Balaban J connectivity index is 2.11. The third kappa shape index (κ3) is 4.37. The summed E-state index contributed by atoms with van der Waals surface area (Å²) in [6.45, 7) is 5.77. The number of anilines is 3. The summed E-state index contributed by atoms with van der Waals surface area (Å²) in [5.74, 6) is 2.07. The molecule has 0 saturated carbocycles. The predicted molar refractivity (Wildman–Crippen MR) is 119 cm³/mol. The quantitative estimate of drug-likeness (QED) is 0.589. The van der Waals surface area contributed by atoms with E-state index in [2.05, 4.69) is 80.2 Å². The van der Waals surface area contributed by atoms with Crippen molar-refractivity contribution in [1.29, 1.82) is 0 Å². The van der Waals surface area contributed by atoms with E-state index in [1.54, 1.807) is 7.11 Å². The van der Waals surface area contributed by atoms with Crippen molar-refractivity contribution in [2.75, 3.05) is 43.3 Å². The van der Waals surface area contributed by atoms with Crippen LogP contribution in [0, 0.1) is 5.41 Å². The smallest absolute Gasteiger partial charge is 0.143 e. The van der Waals surface area contributed by atoms with Crippen LogP contribution in [0.2, 0.25) is 0 Å². The molecule has 0 radical (unpaired) electrons. The molecule has 0 saturated heterocycles. The first-order valence-corrected chi connectivity index (χ1v) is 10.8. The maximum Gasteiger partial charge on any atom is 0.143 e. The van der Waals surface area contributed by atoms with Crippen LogP contribution < -0.4 is 14.5 Å². The van der Waals surface area contributed by atoms with E-state index in [-0.39, 0.29) is 5.41 Å². The van der Waals surface area contributed by atoms with E-state index in [0.717, 1.165) is 23.7 Å². The molecule has 1 atom stereocenters. The van der Waals surface area contributed by atoms with E-state index in [0.29, 0.717) is 0 Å². The number of hydrogen-bond acceptors (Lipinski definition) is 4. The lowest BCUT2D eigenvalue weighted by Gasteiger charge is -2.34. The molecule has 0 spiro atoms. The highest BCUT2D eigenvalue weighted by molar-refractivity contribution is 7.99. The zero-order valence-electron chi connectivity index (χ0n) is 17.3. The van der Waals surface area contributed by atoms with Gasteiger partial charge >= 0.3 is 0 Å². The lowest BCUT2D eigenvalue weighted by molar-refractivity contribution is 0.344. The number of unbranched alkanes of at least 4 members (excludes halogenated alkanes) is 1. The lowest BCUT2D eigenvalue weighted by atomic mass is 9.86. The summed E-state index contributed by atoms with van der Waals surface area (Å²) in [7, 11) is 5.91. The lowest BCUT2D eigenvalue weighted by Crippen LogP contribution is -2.33. The van der Waals surface area contributed by atoms with Crippen LogP contribution in [0.15, 0.2) is 47.4 Å². The minimum absolute atomic E-state index is 0.279. The van der Waals surface area contributed by atoms with Crippen molar-refractivity contribution < 1.29 is 4.74 Å². The molecule has 0 bridgehead atoms. The van der Waals surface area contributed by atoms with Gasteiger partial charge in [-0.2, -0.15) is 0 Å². The first-order valence-electron chi connectivity index (χ1n) is 9.82. The highest BCUT2D eigenvalue weighted by atomic mass is 32.2. The van der Waals surface area contributed by atoms with Gasteiger partial charge in [0.15, 0.2) is 0 Å². The summed E-state index contributed by atoms with van der Waals surface area (Å²) in [6.07, 6.45) is 3.78. The fraction of sp³-hybridized carbons (Fsp3) is 0.478. The topological polar surface area (TPSA) is 15.7 Å². The van der Waals surface area contributed by atoms with Gasteiger partial charge in [0.1, 0.15) is 5.75 Å². The van der Waals surface area contributed by atoms with Gasteiger partial charge in [0.2, 0.25) is 0 Å². The van der Waals surface area contributed by atoms with Crippen LogP contribution >= 0.6 is 11.8 Å². The van der Waals surface area contributed by atoms with Gasteiger partial charge in [-0.3, -0.25) is 0 Å². The molecule has 4 heteroatoms. The van der Waals surface area contributed by atoms with Crippen molar-refractivity contribution >= 4 is 28.8 Å². The van der Waals surface area contributed by atoms with E-state index in [1.807, 2.05) is 11.8 Å². The van der Waals surface area contributed by atoms with Crippen molar-refractivity contribution in [1.82, 2.24) is 0 Å². The van der Waals surface area contributed by atoms with Crippen LogP contribution in [0.25, 0.3) is 0 Å². The molecule has 27 heavy (non-hydrogen) atoms. The second-order valence-electron chi connectivity index (χ2n) is 8.01. The number of hydrogen-bond donors (Lipinski definition) is 0. The molecule has 2 aromatic carbocycles. The van der Waals surface area contributed by atoms with E-state index >= 15 is 0 Å². The molecule has 2 aromatic rings. The first-order chi connectivity index (χ1) is 13.0. The number of benzene rings is 2. The van der Waals surface area contributed by atoms with Crippen LogP contribution in [0.1, 0.15) is 33.1 Å². The second kappa shape index (κ2) is 8.47. The largest absolute Gasteiger partial charge is 0.495 e. The molecular formula is C23H32N2OS.